The molecule has 76 valence electrons. The highest BCUT2D eigenvalue weighted by Crippen LogP contribution is 2.21. The molecule has 3 nitrogen and oxygen atoms in total. The summed E-state index contributed by atoms with van der Waals surface area (Å²) in [5.74, 6) is 0. The van der Waals surface area contributed by atoms with Crippen LogP contribution < -0.4 is 5.43 Å². The summed E-state index contributed by atoms with van der Waals surface area (Å²) >= 11 is 0. The Kier molecular flexibility index (Phi) is 3.18. The van der Waals surface area contributed by atoms with E-state index in [0.29, 0.717) is 0 Å². The quantitative estimate of drug-likeness (QED) is 0.293. The predicted octanol–water partition coefficient (Wildman–Crippen LogP) is 2.19. The van der Waals surface area contributed by atoms with E-state index >= 15 is 0 Å². The Labute approximate surface area is 76.9 Å². The fourth-order valence-electron chi connectivity index (χ4n) is 0.841. The molecule has 1 aromatic carbocycles. The first-order valence-electron chi connectivity index (χ1n) is 3.67. The predicted molar refractivity (Wildman–Crippen MR) is 42.7 cm³/mol. The Hall–Kier alpha value is -1.44. The molecule has 0 saturated carbocycles. The Balaban J connectivity index is 0.000000171. The van der Waals surface area contributed by atoms with Gasteiger partial charge < -0.3 is 17.3 Å². The second-order valence-corrected chi connectivity index (χ2v) is 2.40. The number of halogens is 4. The van der Waals surface area contributed by atoms with Gasteiger partial charge in [-0.1, -0.05) is 17.2 Å². The third-order valence-electron chi connectivity index (χ3n) is 1.30. The molecule has 1 aliphatic rings. The van der Waals surface area contributed by atoms with Crippen molar-refractivity contribution < 1.29 is 22.7 Å². The minimum atomic E-state index is -6.00. The molecular weight excluding hydrogens is 201 g/mol. The van der Waals surface area contributed by atoms with Gasteiger partial charge in [0, 0.05) is 11.3 Å². The fourth-order valence-corrected chi connectivity index (χ4v) is 0.841. The van der Waals surface area contributed by atoms with Crippen molar-refractivity contribution in [3.63, 3.8) is 0 Å². The summed E-state index contributed by atoms with van der Waals surface area (Å²) in [5, 5.41) is 7.62. The summed E-state index contributed by atoms with van der Waals surface area (Å²) in [6, 6.07) is 7.88. The van der Waals surface area contributed by atoms with Gasteiger partial charge in [0.15, 0.2) is 11.4 Å². The Morgan fingerprint density at radius 2 is 1.64 bits per heavy atom. The molecule has 14 heavy (non-hydrogen) atoms. The van der Waals surface area contributed by atoms with Crippen molar-refractivity contribution in [2.45, 2.75) is 0 Å². The zero-order valence-corrected chi connectivity index (χ0v) is 6.87. The van der Waals surface area contributed by atoms with E-state index in [1.54, 1.807) is 5.43 Å². The maximum Gasteiger partial charge on any atom is 0.673 e. The molecule has 0 bridgehead atoms. The topological polar surface area (TPSA) is 41.3 Å². The molecule has 0 radical (unpaired) electrons. The summed E-state index contributed by atoms with van der Waals surface area (Å²) in [7, 11) is -6.00. The van der Waals surface area contributed by atoms with Crippen LogP contribution in [0.2, 0.25) is 0 Å². The lowest BCUT2D eigenvalue weighted by atomic mass is 10.3. The van der Waals surface area contributed by atoms with Crippen LogP contribution in [0.3, 0.4) is 0 Å². The van der Waals surface area contributed by atoms with Crippen molar-refractivity contribution >= 4 is 18.6 Å². The smallest absolute Gasteiger partial charge is 0.418 e. The van der Waals surface area contributed by atoms with Crippen molar-refractivity contribution in [3.8, 4) is 0 Å². The first-order valence-corrected chi connectivity index (χ1v) is 3.67. The first kappa shape index (κ1) is 10.6. The van der Waals surface area contributed by atoms with Gasteiger partial charge in [0.1, 0.15) is 0 Å². The van der Waals surface area contributed by atoms with Crippen LogP contribution in [0.1, 0.15) is 0 Å². The van der Waals surface area contributed by atoms with Gasteiger partial charge in [0.05, 0.1) is 0 Å². The number of benzene rings is 1. The number of quaternary nitrogens is 1. The molecule has 0 saturated heterocycles. The van der Waals surface area contributed by atoms with E-state index < -0.39 is 7.25 Å². The minimum Gasteiger partial charge on any atom is -0.418 e. The first-order chi connectivity index (χ1) is 6.47. The van der Waals surface area contributed by atoms with Crippen molar-refractivity contribution in [2.24, 2.45) is 10.3 Å². The van der Waals surface area contributed by atoms with Gasteiger partial charge in [-0.2, -0.15) is 5.43 Å². The summed E-state index contributed by atoms with van der Waals surface area (Å²) < 4.78 is 39.0. The van der Waals surface area contributed by atoms with Gasteiger partial charge in [-0.15, -0.1) is 0 Å². The third kappa shape index (κ3) is 3.99. The summed E-state index contributed by atoms with van der Waals surface area (Å²) in [6.07, 6.45) is 0. The second kappa shape index (κ2) is 4.18. The van der Waals surface area contributed by atoms with Crippen LogP contribution in [0.5, 0.6) is 0 Å². The number of hydrogen-bond acceptors (Lipinski definition) is 2. The third-order valence-corrected chi connectivity index (χ3v) is 1.30. The maximum atomic E-state index is 9.75. The van der Waals surface area contributed by atoms with Crippen LogP contribution >= 0.6 is 0 Å². The number of hydrogen-bond donors (Lipinski definition) is 1. The molecule has 0 aromatic heterocycles. The van der Waals surface area contributed by atoms with E-state index in [-0.39, 0.29) is 0 Å². The lowest BCUT2D eigenvalue weighted by Crippen LogP contribution is -2.68. The Morgan fingerprint density at radius 1 is 1.07 bits per heavy atom. The lowest BCUT2D eigenvalue weighted by Gasteiger charge is -1.94. The molecule has 0 unspecified atom stereocenters. The fraction of sp³-hybridized carbons (Fsp3) is 0. The molecular formula is C6H6BF4N3. The largest absolute Gasteiger partial charge is 0.673 e. The highest BCUT2D eigenvalue weighted by Gasteiger charge is 2.20. The summed E-state index contributed by atoms with van der Waals surface area (Å²) in [5.41, 5.74) is 3.84. The monoisotopic (exact) mass is 207 g/mol. The molecule has 2 N–H and O–H groups in total. The highest BCUT2D eigenvalue weighted by molar-refractivity contribution is 6.50. The van der Waals surface area contributed by atoms with E-state index in [0.717, 1.165) is 11.4 Å². The molecule has 2 rings (SSSR count). The van der Waals surface area contributed by atoms with Crippen LogP contribution in [0.25, 0.3) is 0 Å². The average Bonchev–Trinajstić information content (AvgIpc) is 2.47. The van der Waals surface area contributed by atoms with Crippen molar-refractivity contribution in [1.82, 2.24) is 0 Å². The number of rotatable bonds is 0. The number of nitrogens with zero attached hydrogens (tertiary/aromatic N) is 2. The van der Waals surface area contributed by atoms with E-state index in [2.05, 4.69) is 10.3 Å². The molecule has 0 amide bonds. The van der Waals surface area contributed by atoms with Crippen LogP contribution in [0.4, 0.5) is 28.6 Å². The summed E-state index contributed by atoms with van der Waals surface area (Å²) in [6.45, 7) is 0. The highest BCUT2D eigenvalue weighted by atomic mass is 19.5. The zero-order valence-electron chi connectivity index (χ0n) is 6.87. The number of nitrogens with two attached hydrogens (primary N) is 1. The SMILES string of the molecule is F[B-](F)(F)F.c1ccc2c(c1)N=N[NH2+]2. The normalized spacial score (nSPS) is 13.1. The molecule has 1 aromatic rings. The molecule has 1 aliphatic heterocycles. The van der Waals surface area contributed by atoms with Gasteiger partial charge in [0.2, 0.25) is 0 Å². The molecule has 0 aliphatic carbocycles. The molecule has 0 fully saturated rings. The number of fused-ring (bicyclic) bond motifs is 1. The van der Waals surface area contributed by atoms with E-state index in [9.17, 15) is 17.3 Å². The van der Waals surface area contributed by atoms with Gasteiger partial charge >= 0.3 is 7.25 Å². The molecule has 8 heteroatoms. The van der Waals surface area contributed by atoms with Crippen LogP contribution in [-0.4, -0.2) is 7.25 Å². The maximum absolute atomic E-state index is 9.75. The van der Waals surface area contributed by atoms with Crippen LogP contribution in [0, 0.1) is 0 Å². The van der Waals surface area contributed by atoms with E-state index in [1.165, 1.54) is 0 Å². The Morgan fingerprint density at radius 3 is 2.21 bits per heavy atom. The van der Waals surface area contributed by atoms with Gasteiger partial charge in [0.25, 0.3) is 0 Å². The summed E-state index contributed by atoms with van der Waals surface area (Å²) in [4.78, 5) is 0. The van der Waals surface area contributed by atoms with E-state index in [4.69, 9.17) is 0 Å². The minimum absolute atomic E-state index is 0.970. The van der Waals surface area contributed by atoms with Gasteiger partial charge in [-0.3, -0.25) is 0 Å². The molecule has 1 heterocycles. The van der Waals surface area contributed by atoms with E-state index in [1.807, 2.05) is 24.3 Å². The standard InChI is InChI=1S/C6H5N3.BF4/c1-2-4-6-5(3-1)7-9-8-6;2-1(3,4)5/h1-4H,(H,7,8,9);/q;-1/p+1. The average molecular weight is 207 g/mol. The van der Waals surface area contributed by atoms with Crippen LogP contribution in [-0.2, 0) is 0 Å². The molecule has 0 atom stereocenters. The zero-order chi connectivity index (χ0) is 10.6. The van der Waals surface area contributed by atoms with Crippen molar-refractivity contribution in [2.75, 3.05) is 0 Å². The van der Waals surface area contributed by atoms with Crippen LogP contribution in [0.15, 0.2) is 34.6 Å². The Bertz CT molecular complexity index is 332. The molecule has 0 spiro atoms. The van der Waals surface area contributed by atoms with Crippen molar-refractivity contribution in [3.05, 3.63) is 24.3 Å². The lowest BCUT2D eigenvalue weighted by molar-refractivity contribution is -0.578. The van der Waals surface area contributed by atoms with Gasteiger partial charge in [-0.25, -0.2) is 0 Å². The second-order valence-electron chi connectivity index (χ2n) is 2.40. The van der Waals surface area contributed by atoms with Crippen molar-refractivity contribution in [1.29, 1.82) is 0 Å². The van der Waals surface area contributed by atoms with Gasteiger partial charge in [-0.05, 0) is 6.07 Å².